The van der Waals surface area contributed by atoms with Crippen molar-refractivity contribution in [2.75, 3.05) is 13.1 Å². The summed E-state index contributed by atoms with van der Waals surface area (Å²) >= 11 is 0. The number of carbonyl (C=O) groups is 2. The molecule has 0 spiro atoms. The number of nitrogens with zero attached hydrogens (tertiary/aromatic N) is 1. The number of likely N-dealkylation sites (tertiary alicyclic amines) is 1. The van der Waals surface area contributed by atoms with Crippen molar-refractivity contribution in [3.05, 3.63) is 71.5 Å². The van der Waals surface area contributed by atoms with Crippen LogP contribution in [-0.2, 0) is 4.79 Å². The Balaban J connectivity index is 0.00000261. The molecule has 2 aromatic carbocycles. The summed E-state index contributed by atoms with van der Waals surface area (Å²) in [7, 11) is 0. The molecule has 1 saturated heterocycles. The maximum absolute atomic E-state index is 13.3. The van der Waals surface area contributed by atoms with Crippen LogP contribution < -0.4 is 5.73 Å². The maximum atomic E-state index is 13.3. The van der Waals surface area contributed by atoms with E-state index in [0.717, 1.165) is 5.56 Å². The Labute approximate surface area is 165 Å². The molecule has 2 N–H and O–H groups in total. The summed E-state index contributed by atoms with van der Waals surface area (Å²) in [5.41, 5.74) is 7.66. The van der Waals surface area contributed by atoms with Gasteiger partial charge in [0.15, 0.2) is 5.78 Å². The van der Waals surface area contributed by atoms with Crippen LogP contribution in [0.25, 0.3) is 0 Å². The van der Waals surface area contributed by atoms with Crippen LogP contribution in [0.5, 0.6) is 0 Å². The fourth-order valence-corrected chi connectivity index (χ4v) is 3.50. The average molecular weight is 391 g/mol. The second-order valence-corrected chi connectivity index (χ2v) is 6.96. The Kier molecular flexibility index (Phi) is 7.11. The van der Waals surface area contributed by atoms with Crippen LogP contribution in [0.4, 0.5) is 4.39 Å². The first-order valence-electron chi connectivity index (χ1n) is 8.84. The van der Waals surface area contributed by atoms with Gasteiger partial charge in [0, 0.05) is 43.0 Å². The van der Waals surface area contributed by atoms with Crippen molar-refractivity contribution in [3.8, 4) is 0 Å². The molecule has 6 heteroatoms. The molecule has 1 aliphatic rings. The van der Waals surface area contributed by atoms with E-state index in [9.17, 15) is 14.0 Å². The van der Waals surface area contributed by atoms with Crippen molar-refractivity contribution in [2.45, 2.75) is 25.3 Å². The van der Waals surface area contributed by atoms with Gasteiger partial charge >= 0.3 is 0 Å². The van der Waals surface area contributed by atoms with Crippen LogP contribution in [-0.4, -0.2) is 35.7 Å². The van der Waals surface area contributed by atoms with E-state index in [2.05, 4.69) is 0 Å². The average Bonchev–Trinajstić information content (AvgIpc) is 3.03. The number of Topliss-reactive ketones (excluding diaryl/α,β-unsaturated/α-hetero) is 1. The Morgan fingerprint density at radius 3 is 2.52 bits per heavy atom. The summed E-state index contributed by atoms with van der Waals surface area (Å²) in [4.78, 5) is 26.8. The highest BCUT2D eigenvalue weighted by atomic mass is 35.5. The Hall–Kier alpha value is -2.24. The van der Waals surface area contributed by atoms with Gasteiger partial charge in [-0.1, -0.05) is 49.4 Å². The monoisotopic (exact) mass is 390 g/mol. The fourth-order valence-electron chi connectivity index (χ4n) is 3.50. The predicted octanol–water partition coefficient (Wildman–Crippen LogP) is 3.41. The lowest BCUT2D eigenvalue weighted by molar-refractivity contribution is -0.130. The topological polar surface area (TPSA) is 63.4 Å². The lowest BCUT2D eigenvalue weighted by Gasteiger charge is -2.19. The Bertz CT molecular complexity index is 800. The summed E-state index contributed by atoms with van der Waals surface area (Å²) in [6.45, 7) is 2.75. The van der Waals surface area contributed by atoms with Crippen LogP contribution in [0, 0.1) is 11.7 Å². The molecule has 0 bridgehead atoms. The number of nitrogens with two attached hydrogens (primary N) is 1. The van der Waals surface area contributed by atoms with Crippen LogP contribution in [0.3, 0.4) is 0 Å². The quantitative estimate of drug-likeness (QED) is 0.796. The summed E-state index contributed by atoms with van der Waals surface area (Å²) in [5.74, 6) is -1.16. The smallest absolute Gasteiger partial charge is 0.223 e. The molecule has 27 heavy (non-hydrogen) atoms. The van der Waals surface area contributed by atoms with Gasteiger partial charge in [0.2, 0.25) is 5.91 Å². The highest BCUT2D eigenvalue weighted by Gasteiger charge is 2.34. The summed E-state index contributed by atoms with van der Waals surface area (Å²) < 4.78 is 13.3. The van der Waals surface area contributed by atoms with Gasteiger partial charge in [-0.3, -0.25) is 9.59 Å². The number of ketones is 1. The minimum absolute atomic E-state index is 0. The second-order valence-electron chi connectivity index (χ2n) is 6.96. The summed E-state index contributed by atoms with van der Waals surface area (Å²) in [6, 6.07) is 15.4. The third-order valence-corrected chi connectivity index (χ3v) is 4.98. The molecular weight excluding hydrogens is 367 g/mol. The van der Waals surface area contributed by atoms with Crippen LogP contribution in [0.2, 0.25) is 0 Å². The van der Waals surface area contributed by atoms with Gasteiger partial charge in [-0.25, -0.2) is 4.39 Å². The number of halogens is 2. The van der Waals surface area contributed by atoms with E-state index in [1.165, 1.54) is 18.2 Å². The first-order valence-corrected chi connectivity index (χ1v) is 8.84. The predicted molar refractivity (Wildman–Crippen MR) is 105 cm³/mol. The lowest BCUT2D eigenvalue weighted by Crippen LogP contribution is -2.33. The molecule has 0 aromatic heterocycles. The van der Waals surface area contributed by atoms with E-state index in [1.54, 1.807) is 17.9 Å². The third kappa shape index (κ3) is 4.93. The molecule has 1 fully saturated rings. The minimum atomic E-state index is -0.503. The summed E-state index contributed by atoms with van der Waals surface area (Å²) in [5, 5.41) is 0. The number of carbonyl (C=O) groups excluding carboxylic acids is 2. The first-order chi connectivity index (χ1) is 12.5. The van der Waals surface area contributed by atoms with Gasteiger partial charge in [0.1, 0.15) is 5.82 Å². The second kappa shape index (κ2) is 9.11. The molecule has 1 aliphatic heterocycles. The molecule has 1 amide bonds. The van der Waals surface area contributed by atoms with E-state index in [4.69, 9.17) is 5.73 Å². The van der Waals surface area contributed by atoms with E-state index in [0.29, 0.717) is 18.7 Å². The van der Waals surface area contributed by atoms with Gasteiger partial charge < -0.3 is 10.6 Å². The van der Waals surface area contributed by atoms with Crippen molar-refractivity contribution in [1.82, 2.24) is 4.90 Å². The Morgan fingerprint density at radius 2 is 1.85 bits per heavy atom. The van der Waals surface area contributed by atoms with Gasteiger partial charge in [-0.05, 0) is 17.7 Å². The molecule has 0 radical (unpaired) electrons. The van der Waals surface area contributed by atoms with Gasteiger partial charge in [0.05, 0.1) is 0 Å². The standard InChI is InChI=1S/C21H23FN2O2.ClH/c1-14(21(26)16-8-5-9-17(22)11-16)10-20(25)24-12-18(19(23)13-24)15-6-3-2-4-7-15;/h2-9,11,14,18-19H,10,12-13,23H2,1H3;1H/t14?,18-,19+;/m0./s1. The molecule has 1 heterocycles. The fraction of sp³-hybridized carbons (Fsp3) is 0.333. The lowest BCUT2D eigenvalue weighted by atomic mass is 9.95. The SMILES string of the molecule is CC(CC(=O)N1C[C@@H](N)[C@H](c2ccccc2)C1)C(=O)c1cccc(F)c1.Cl. The normalized spacial score (nSPS) is 20.0. The van der Waals surface area contributed by atoms with E-state index in [-0.39, 0.29) is 42.5 Å². The van der Waals surface area contributed by atoms with Crippen molar-refractivity contribution in [2.24, 2.45) is 11.7 Å². The van der Waals surface area contributed by atoms with Gasteiger partial charge in [-0.15, -0.1) is 12.4 Å². The molecule has 1 unspecified atom stereocenters. The van der Waals surface area contributed by atoms with E-state index < -0.39 is 11.7 Å². The number of benzene rings is 2. The number of hydrogen-bond acceptors (Lipinski definition) is 3. The van der Waals surface area contributed by atoms with Crippen molar-refractivity contribution in [1.29, 1.82) is 0 Å². The molecule has 0 aliphatic carbocycles. The van der Waals surface area contributed by atoms with Crippen LogP contribution >= 0.6 is 12.4 Å². The molecule has 3 rings (SSSR count). The Morgan fingerprint density at radius 1 is 1.15 bits per heavy atom. The van der Waals surface area contributed by atoms with Crippen LogP contribution in [0.1, 0.15) is 35.2 Å². The van der Waals surface area contributed by atoms with Crippen molar-refractivity contribution in [3.63, 3.8) is 0 Å². The van der Waals surface area contributed by atoms with Gasteiger partial charge in [0.25, 0.3) is 0 Å². The highest BCUT2D eigenvalue weighted by molar-refractivity contribution is 5.99. The van der Waals surface area contributed by atoms with Crippen molar-refractivity contribution < 1.29 is 14.0 Å². The number of hydrogen-bond donors (Lipinski definition) is 1. The number of amides is 1. The molecule has 0 saturated carbocycles. The number of rotatable bonds is 5. The van der Waals surface area contributed by atoms with Crippen LogP contribution in [0.15, 0.2) is 54.6 Å². The minimum Gasteiger partial charge on any atom is -0.340 e. The molecule has 4 nitrogen and oxygen atoms in total. The summed E-state index contributed by atoms with van der Waals surface area (Å²) in [6.07, 6.45) is 0.101. The van der Waals surface area contributed by atoms with Crippen molar-refractivity contribution >= 4 is 24.1 Å². The van der Waals surface area contributed by atoms with E-state index >= 15 is 0 Å². The third-order valence-electron chi connectivity index (χ3n) is 4.98. The highest BCUT2D eigenvalue weighted by Crippen LogP contribution is 2.27. The zero-order valence-corrected chi connectivity index (χ0v) is 16.0. The molecule has 144 valence electrons. The zero-order chi connectivity index (χ0) is 18.7. The molecule has 3 atom stereocenters. The van der Waals surface area contributed by atoms with Gasteiger partial charge in [-0.2, -0.15) is 0 Å². The zero-order valence-electron chi connectivity index (χ0n) is 15.2. The maximum Gasteiger partial charge on any atom is 0.223 e. The molecule has 2 aromatic rings. The van der Waals surface area contributed by atoms with E-state index in [1.807, 2.05) is 30.3 Å². The largest absolute Gasteiger partial charge is 0.340 e. The molecular formula is C21H24ClFN2O2. The first kappa shape index (κ1) is 21.1.